The zero-order valence-corrected chi connectivity index (χ0v) is 14.8. The largest absolute Gasteiger partial charge is 0.423 e. The van der Waals surface area contributed by atoms with E-state index in [0.717, 1.165) is 18.7 Å². The molecule has 140 valence electrons. The fourth-order valence-electron chi connectivity index (χ4n) is 2.54. The second kappa shape index (κ2) is 9.61. The molecular formula is C20H21N3O4. The summed E-state index contributed by atoms with van der Waals surface area (Å²) in [6.07, 6.45) is 1.54. The molecule has 0 aliphatic carbocycles. The first-order valence-corrected chi connectivity index (χ1v) is 8.70. The highest BCUT2D eigenvalue weighted by Crippen LogP contribution is 2.13. The number of amides is 1. The van der Waals surface area contributed by atoms with E-state index in [-0.39, 0.29) is 5.91 Å². The maximum atomic E-state index is 12.0. The summed E-state index contributed by atoms with van der Waals surface area (Å²) in [6, 6.07) is 15.7. The molecule has 0 spiro atoms. The molecular weight excluding hydrogens is 346 g/mol. The lowest BCUT2D eigenvalue weighted by Crippen LogP contribution is -2.42. The van der Waals surface area contributed by atoms with E-state index in [1.807, 2.05) is 11.0 Å². The van der Waals surface area contributed by atoms with Crippen LogP contribution in [0.4, 0.5) is 0 Å². The van der Waals surface area contributed by atoms with E-state index >= 15 is 0 Å². The van der Waals surface area contributed by atoms with E-state index in [1.54, 1.807) is 54.7 Å². The molecule has 1 heterocycles. The molecule has 1 aliphatic rings. The van der Waals surface area contributed by atoms with Crippen molar-refractivity contribution in [2.24, 2.45) is 5.10 Å². The van der Waals surface area contributed by atoms with Crippen LogP contribution in [0.5, 0.6) is 5.75 Å². The van der Waals surface area contributed by atoms with Gasteiger partial charge in [-0.3, -0.25) is 9.69 Å². The molecule has 1 aliphatic heterocycles. The molecule has 7 heteroatoms. The topological polar surface area (TPSA) is 80.2 Å². The van der Waals surface area contributed by atoms with Gasteiger partial charge in [-0.1, -0.05) is 18.2 Å². The van der Waals surface area contributed by atoms with Crippen molar-refractivity contribution in [1.29, 1.82) is 0 Å². The Kier molecular flexibility index (Phi) is 6.67. The van der Waals surface area contributed by atoms with Gasteiger partial charge in [0.25, 0.3) is 5.91 Å². The molecule has 2 aromatic rings. The molecule has 27 heavy (non-hydrogen) atoms. The summed E-state index contributed by atoms with van der Waals surface area (Å²) in [4.78, 5) is 25.9. The lowest BCUT2D eigenvalue weighted by Gasteiger charge is -2.25. The Bertz CT molecular complexity index is 785. The third-order valence-electron chi connectivity index (χ3n) is 3.97. The maximum Gasteiger partial charge on any atom is 0.343 e. The Labute approximate surface area is 157 Å². The second-order valence-corrected chi connectivity index (χ2v) is 6.01. The fraction of sp³-hybridized carbons (Fsp3) is 0.250. The predicted octanol–water partition coefficient (Wildman–Crippen LogP) is 1.69. The number of rotatable bonds is 6. The van der Waals surface area contributed by atoms with E-state index in [9.17, 15) is 9.59 Å². The van der Waals surface area contributed by atoms with Gasteiger partial charge in [0.1, 0.15) is 5.75 Å². The van der Waals surface area contributed by atoms with Crippen molar-refractivity contribution < 1.29 is 19.1 Å². The Morgan fingerprint density at radius 3 is 2.48 bits per heavy atom. The van der Waals surface area contributed by atoms with Crippen LogP contribution in [0, 0.1) is 0 Å². The zero-order valence-electron chi connectivity index (χ0n) is 14.8. The van der Waals surface area contributed by atoms with E-state index in [1.165, 1.54) is 0 Å². The number of nitrogens with one attached hydrogen (secondary N) is 1. The van der Waals surface area contributed by atoms with Gasteiger partial charge in [0.15, 0.2) is 0 Å². The first-order valence-electron chi connectivity index (χ1n) is 8.70. The van der Waals surface area contributed by atoms with E-state index in [2.05, 4.69) is 10.5 Å². The average Bonchev–Trinajstić information content (AvgIpc) is 2.71. The van der Waals surface area contributed by atoms with Gasteiger partial charge in [0.05, 0.1) is 31.5 Å². The second-order valence-electron chi connectivity index (χ2n) is 6.01. The van der Waals surface area contributed by atoms with Crippen LogP contribution < -0.4 is 10.2 Å². The molecule has 0 saturated carbocycles. The fourth-order valence-corrected chi connectivity index (χ4v) is 2.54. The number of carbonyl (C=O) groups is 2. The lowest BCUT2D eigenvalue weighted by atomic mass is 10.2. The van der Waals surface area contributed by atoms with Gasteiger partial charge in [-0.25, -0.2) is 10.2 Å². The Morgan fingerprint density at radius 2 is 1.78 bits per heavy atom. The third-order valence-corrected chi connectivity index (χ3v) is 3.97. The molecule has 0 atom stereocenters. The number of hydrogen-bond donors (Lipinski definition) is 1. The molecule has 0 bridgehead atoms. The van der Waals surface area contributed by atoms with Gasteiger partial charge < -0.3 is 9.47 Å². The molecule has 7 nitrogen and oxygen atoms in total. The molecule has 1 amide bonds. The highest BCUT2D eigenvalue weighted by molar-refractivity contribution is 5.91. The van der Waals surface area contributed by atoms with E-state index < -0.39 is 5.97 Å². The van der Waals surface area contributed by atoms with Crippen LogP contribution in [0.25, 0.3) is 0 Å². The number of hydrogen-bond acceptors (Lipinski definition) is 6. The van der Waals surface area contributed by atoms with Gasteiger partial charge in [0, 0.05) is 13.1 Å². The van der Waals surface area contributed by atoms with Crippen LogP contribution in [-0.4, -0.2) is 55.8 Å². The monoisotopic (exact) mass is 367 g/mol. The van der Waals surface area contributed by atoms with Crippen LogP contribution in [0.2, 0.25) is 0 Å². The van der Waals surface area contributed by atoms with E-state index in [4.69, 9.17) is 9.47 Å². The number of esters is 1. The number of hydrazone groups is 1. The summed E-state index contributed by atoms with van der Waals surface area (Å²) >= 11 is 0. The first-order chi connectivity index (χ1) is 13.2. The average molecular weight is 367 g/mol. The normalized spacial score (nSPS) is 14.8. The lowest BCUT2D eigenvalue weighted by molar-refractivity contribution is -0.123. The van der Waals surface area contributed by atoms with Crippen molar-refractivity contribution in [3.63, 3.8) is 0 Å². The van der Waals surface area contributed by atoms with Crippen LogP contribution >= 0.6 is 0 Å². The van der Waals surface area contributed by atoms with Crippen LogP contribution in [-0.2, 0) is 9.53 Å². The third kappa shape index (κ3) is 6.02. The van der Waals surface area contributed by atoms with Crippen molar-refractivity contribution >= 4 is 18.1 Å². The Morgan fingerprint density at radius 1 is 1.07 bits per heavy atom. The smallest absolute Gasteiger partial charge is 0.343 e. The van der Waals surface area contributed by atoms with Crippen LogP contribution in [0.1, 0.15) is 15.9 Å². The minimum atomic E-state index is -0.410. The Hall–Kier alpha value is -3.03. The maximum absolute atomic E-state index is 12.0. The summed E-state index contributed by atoms with van der Waals surface area (Å²) in [5.41, 5.74) is 3.78. The SMILES string of the molecule is O=C(CN1CCOCC1)NN=Cc1ccc(OC(=O)c2ccccc2)cc1. The minimum absolute atomic E-state index is 0.165. The predicted molar refractivity (Wildman–Crippen MR) is 101 cm³/mol. The number of morpholine rings is 1. The highest BCUT2D eigenvalue weighted by Gasteiger charge is 2.13. The van der Waals surface area contributed by atoms with Gasteiger partial charge in [-0.05, 0) is 42.0 Å². The van der Waals surface area contributed by atoms with Crippen molar-refractivity contribution in [2.45, 2.75) is 0 Å². The summed E-state index contributed by atoms with van der Waals surface area (Å²) in [5, 5.41) is 3.96. The number of carbonyl (C=O) groups excluding carboxylic acids is 2. The zero-order chi connectivity index (χ0) is 18.9. The van der Waals surface area contributed by atoms with E-state index in [0.29, 0.717) is 31.1 Å². The summed E-state index contributed by atoms with van der Waals surface area (Å²) in [6.45, 7) is 3.10. The molecule has 2 aromatic carbocycles. The van der Waals surface area contributed by atoms with Crippen molar-refractivity contribution in [3.8, 4) is 5.75 Å². The Balaban J connectivity index is 1.46. The van der Waals surface area contributed by atoms with Crippen LogP contribution in [0.15, 0.2) is 59.7 Å². The van der Waals surface area contributed by atoms with Crippen molar-refractivity contribution in [1.82, 2.24) is 10.3 Å². The highest BCUT2D eigenvalue weighted by atomic mass is 16.5. The van der Waals surface area contributed by atoms with Crippen LogP contribution in [0.3, 0.4) is 0 Å². The summed E-state index contributed by atoms with van der Waals surface area (Å²) < 4.78 is 10.6. The number of ether oxygens (including phenoxy) is 2. The molecule has 1 N–H and O–H groups in total. The van der Waals surface area contributed by atoms with Gasteiger partial charge in [0.2, 0.25) is 0 Å². The molecule has 1 fully saturated rings. The molecule has 0 unspecified atom stereocenters. The van der Waals surface area contributed by atoms with Gasteiger partial charge in [-0.2, -0.15) is 5.10 Å². The van der Waals surface area contributed by atoms with Gasteiger partial charge in [-0.15, -0.1) is 0 Å². The molecule has 0 radical (unpaired) electrons. The first kappa shape index (κ1) is 18.8. The number of benzene rings is 2. The summed E-state index contributed by atoms with van der Waals surface area (Å²) in [7, 11) is 0. The molecule has 0 aromatic heterocycles. The standard InChI is InChI=1S/C20H21N3O4/c24-19(15-23-10-12-26-13-11-23)22-21-14-16-6-8-18(9-7-16)27-20(25)17-4-2-1-3-5-17/h1-9,14H,10-13,15H2,(H,22,24). The summed E-state index contributed by atoms with van der Waals surface area (Å²) in [5.74, 6) is -0.133. The quantitative estimate of drug-likeness (QED) is 0.364. The molecule has 3 rings (SSSR count). The van der Waals surface area contributed by atoms with Gasteiger partial charge >= 0.3 is 5.97 Å². The minimum Gasteiger partial charge on any atom is -0.423 e. The van der Waals surface area contributed by atoms with Crippen molar-refractivity contribution in [2.75, 3.05) is 32.8 Å². The van der Waals surface area contributed by atoms with Crippen molar-refractivity contribution in [3.05, 3.63) is 65.7 Å². The number of nitrogens with zero attached hydrogens (tertiary/aromatic N) is 2. The molecule has 1 saturated heterocycles.